The average Bonchev–Trinajstić information content (AvgIpc) is 1.88. The Hall–Kier alpha value is -1.27. The molecular weight excluding hydrogens is 149 g/mol. The lowest BCUT2D eigenvalue weighted by Crippen LogP contribution is -2.41. The van der Waals surface area contributed by atoms with Gasteiger partial charge < -0.3 is 5.11 Å². The number of rotatable bonds is 1. The van der Waals surface area contributed by atoms with Gasteiger partial charge >= 0.3 is 11.8 Å². The Kier molecular flexibility index (Phi) is 1.89. The first-order valence-electron chi connectivity index (χ1n) is 1.99. The van der Waals surface area contributed by atoms with Crippen molar-refractivity contribution in [3.8, 4) is 12.1 Å². The molecule has 0 saturated carbocycles. The Bertz CT molecular complexity index is 188. The highest BCUT2D eigenvalue weighted by Crippen LogP contribution is 2.28. The van der Waals surface area contributed by atoms with E-state index in [4.69, 9.17) is 15.6 Å². The minimum atomic E-state index is -4.68. The maximum absolute atomic E-state index is 11.8. The summed E-state index contributed by atoms with van der Waals surface area (Å²) in [6, 6.07) is 0.401. The highest BCUT2D eigenvalue weighted by molar-refractivity contribution is 5.11. The second-order valence-corrected chi connectivity index (χ2v) is 1.42. The van der Waals surface area contributed by atoms with Gasteiger partial charge in [0.05, 0.1) is 0 Å². The molecule has 0 aromatic carbocycles. The third kappa shape index (κ3) is 1.17. The van der Waals surface area contributed by atoms with Gasteiger partial charge in [0.2, 0.25) is 0 Å². The molecule has 0 aromatic heterocycles. The summed E-state index contributed by atoms with van der Waals surface area (Å²) in [6.45, 7) is 0. The van der Waals surface area contributed by atoms with E-state index in [1.54, 1.807) is 0 Å². The van der Waals surface area contributed by atoms with Gasteiger partial charge in [0.25, 0.3) is 0 Å². The summed E-state index contributed by atoms with van der Waals surface area (Å²) in [5.41, 5.74) is 0. The van der Waals surface area contributed by atoms with Crippen molar-refractivity contribution in [2.45, 2.75) is 11.8 Å². The van der Waals surface area contributed by atoms with E-state index < -0.39 is 11.8 Å². The summed E-state index contributed by atoms with van der Waals surface area (Å²) in [5.74, 6) is -9.08. The predicted octanol–water partition coefficient (Wildman–Crippen LogP) is 0.327. The summed E-state index contributed by atoms with van der Waals surface area (Å²) < 4.78 is 35.3. The topological polar surface area (TPSA) is 67.8 Å². The first-order chi connectivity index (χ1) is 4.37. The van der Waals surface area contributed by atoms with Gasteiger partial charge in [-0.25, -0.2) is 0 Å². The van der Waals surface area contributed by atoms with Crippen LogP contribution in [0.25, 0.3) is 0 Å². The quantitative estimate of drug-likeness (QED) is 0.547. The van der Waals surface area contributed by atoms with Crippen LogP contribution in [0.3, 0.4) is 0 Å². The molecule has 1 atom stereocenters. The summed E-state index contributed by atoms with van der Waals surface area (Å²) in [6.07, 6.45) is 0. The number of hydrogen-bond acceptors (Lipinski definition) is 3. The molecule has 0 saturated heterocycles. The van der Waals surface area contributed by atoms with Crippen molar-refractivity contribution < 1.29 is 18.3 Å². The van der Waals surface area contributed by atoms with Crippen LogP contribution in [0.15, 0.2) is 0 Å². The van der Waals surface area contributed by atoms with Crippen LogP contribution in [0.2, 0.25) is 0 Å². The molecular formula is C4HF3N2O. The lowest BCUT2D eigenvalue weighted by molar-refractivity contribution is -0.185. The van der Waals surface area contributed by atoms with Gasteiger partial charge in [0.1, 0.15) is 12.1 Å². The van der Waals surface area contributed by atoms with E-state index in [1.165, 1.54) is 0 Å². The van der Waals surface area contributed by atoms with E-state index in [0.29, 0.717) is 0 Å². The van der Waals surface area contributed by atoms with Crippen molar-refractivity contribution in [3.63, 3.8) is 0 Å². The molecule has 0 fully saturated rings. The van der Waals surface area contributed by atoms with Gasteiger partial charge in [-0.2, -0.15) is 23.7 Å². The predicted molar refractivity (Wildman–Crippen MR) is 22.2 cm³/mol. The van der Waals surface area contributed by atoms with Crippen LogP contribution in [-0.4, -0.2) is 16.9 Å². The fourth-order valence-electron chi connectivity index (χ4n) is 0.144. The highest BCUT2D eigenvalue weighted by atomic mass is 19.3. The molecule has 0 heterocycles. The first-order valence-corrected chi connectivity index (χ1v) is 1.99. The van der Waals surface area contributed by atoms with Gasteiger partial charge in [-0.15, -0.1) is 0 Å². The Labute approximate surface area is 53.9 Å². The second kappa shape index (κ2) is 2.16. The standard InChI is InChI=1S/C4HF3N2O/c5-3(6,1-8)4(7,10)2-9/h10H. The fourth-order valence-corrected chi connectivity index (χ4v) is 0.144. The molecule has 6 heteroatoms. The highest BCUT2D eigenvalue weighted by Gasteiger charge is 2.55. The third-order valence-electron chi connectivity index (χ3n) is 0.705. The van der Waals surface area contributed by atoms with Gasteiger partial charge in [0.15, 0.2) is 0 Å². The normalized spacial score (nSPS) is 16.6. The van der Waals surface area contributed by atoms with E-state index in [2.05, 4.69) is 0 Å². The largest absolute Gasteiger partial charge is 0.403 e. The molecule has 1 unspecified atom stereocenters. The van der Waals surface area contributed by atoms with Crippen molar-refractivity contribution in [3.05, 3.63) is 0 Å². The number of nitrogens with zero attached hydrogens (tertiary/aromatic N) is 2. The molecule has 1 N–H and O–H groups in total. The van der Waals surface area contributed by atoms with Gasteiger partial charge in [0, 0.05) is 0 Å². The zero-order chi connectivity index (χ0) is 8.41. The SMILES string of the molecule is N#CC(O)(F)C(F)(F)C#N. The summed E-state index contributed by atoms with van der Waals surface area (Å²) in [7, 11) is 0. The molecule has 0 amide bonds. The smallest absolute Gasteiger partial charge is 0.345 e. The number of nitriles is 2. The number of alkyl halides is 3. The van der Waals surface area contributed by atoms with Crippen LogP contribution in [-0.2, 0) is 0 Å². The Morgan fingerprint density at radius 2 is 1.50 bits per heavy atom. The van der Waals surface area contributed by atoms with Crippen LogP contribution in [0, 0.1) is 22.7 Å². The van der Waals surface area contributed by atoms with Crippen molar-refractivity contribution in [2.24, 2.45) is 0 Å². The summed E-state index contributed by atoms with van der Waals surface area (Å²) >= 11 is 0. The molecule has 0 rings (SSSR count). The van der Waals surface area contributed by atoms with Crippen molar-refractivity contribution in [1.82, 2.24) is 0 Å². The van der Waals surface area contributed by atoms with E-state index in [9.17, 15) is 13.2 Å². The lowest BCUT2D eigenvalue weighted by Gasteiger charge is -2.13. The maximum atomic E-state index is 11.8. The van der Waals surface area contributed by atoms with E-state index in [1.807, 2.05) is 0 Å². The van der Waals surface area contributed by atoms with Crippen LogP contribution in [0.5, 0.6) is 0 Å². The van der Waals surface area contributed by atoms with E-state index in [-0.39, 0.29) is 12.1 Å². The minimum Gasteiger partial charge on any atom is -0.345 e. The Morgan fingerprint density at radius 1 is 1.10 bits per heavy atom. The number of halogens is 3. The van der Waals surface area contributed by atoms with Crippen LogP contribution < -0.4 is 0 Å². The molecule has 0 aromatic rings. The van der Waals surface area contributed by atoms with E-state index >= 15 is 0 Å². The molecule has 0 bridgehead atoms. The Balaban J connectivity index is 4.71. The van der Waals surface area contributed by atoms with Crippen molar-refractivity contribution in [2.75, 3.05) is 0 Å². The molecule has 0 aliphatic heterocycles. The fraction of sp³-hybridized carbons (Fsp3) is 0.500. The molecule has 10 heavy (non-hydrogen) atoms. The molecule has 0 aliphatic rings. The summed E-state index contributed by atoms with van der Waals surface area (Å²) in [4.78, 5) is 0. The Morgan fingerprint density at radius 3 is 1.60 bits per heavy atom. The zero-order valence-corrected chi connectivity index (χ0v) is 4.48. The lowest BCUT2D eigenvalue weighted by atomic mass is 10.2. The van der Waals surface area contributed by atoms with Crippen LogP contribution in [0.1, 0.15) is 0 Å². The zero-order valence-electron chi connectivity index (χ0n) is 4.48. The molecule has 54 valence electrons. The summed E-state index contributed by atoms with van der Waals surface area (Å²) in [5, 5.41) is 22.9. The van der Waals surface area contributed by atoms with Crippen molar-refractivity contribution in [1.29, 1.82) is 10.5 Å². The molecule has 0 spiro atoms. The molecule has 0 radical (unpaired) electrons. The van der Waals surface area contributed by atoms with Crippen LogP contribution >= 0.6 is 0 Å². The van der Waals surface area contributed by atoms with Crippen LogP contribution in [0.4, 0.5) is 13.2 Å². The molecule has 0 aliphatic carbocycles. The maximum Gasteiger partial charge on any atom is 0.403 e. The van der Waals surface area contributed by atoms with Gasteiger partial charge in [-0.05, 0) is 0 Å². The van der Waals surface area contributed by atoms with Gasteiger partial charge in [-0.1, -0.05) is 0 Å². The molecule has 3 nitrogen and oxygen atoms in total. The second-order valence-electron chi connectivity index (χ2n) is 1.42. The van der Waals surface area contributed by atoms with Gasteiger partial charge in [-0.3, -0.25) is 0 Å². The number of aliphatic hydroxyl groups is 1. The minimum absolute atomic E-state index is 0.152. The monoisotopic (exact) mass is 150 g/mol. The average molecular weight is 150 g/mol. The third-order valence-corrected chi connectivity index (χ3v) is 0.705. The van der Waals surface area contributed by atoms with E-state index in [0.717, 1.165) is 0 Å². The number of hydrogen-bond donors (Lipinski definition) is 1. The first kappa shape index (κ1) is 8.73. The van der Waals surface area contributed by atoms with Crippen molar-refractivity contribution >= 4 is 0 Å².